The van der Waals surface area contributed by atoms with Gasteiger partial charge in [-0.3, -0.25) is 23.9 Å². The van der Waals surface area contributed by atoms with Gasteiger partial charge >= 0.3 is 0 Å². The van der Waals surface area contributed by atoms with Gasteiger partial charge in [-0.05, 0) is 56.9 Å². The van der Waals surface area contributed by atoms with Gasteiger partial charge in [0, 0.05) is 23.7 Å². The molecular formula is C25H26N4O4. The third-order valence-corrected chi connectivity index (χ3v) is 6.40. The first-order chi connectivity index (χ1) is 15.8. The lowest BCUT2D eigenvalue weighted by molar-refractivity contribution is -0.144. The summed E-state index contributed by atoms with van der Waals surface area (Å²) in [5.74, 6) is -1.26. The summed E-state index contributed by atoms with van der Waals surface area (Å²) in [4.78, 5) is 39.7. The molecule has 0 spiro atoms. The van der Waals surface area contributed by atoms with Crippen LogP contribution in [-0.2, 0) is 16.1 Å². The van der Waals surface area contributed by atoms with E-state index in [-0.39, 0.29) is 40.7 Å². The van der Waals surface area contributed by atoms with Gasteiger partial charge in [0.25, 0.3) is 17.4 Å². The lowest BCUT2D eigenvalue weighted by atomic mass is 9.89. The van der Waals surface area contributed by atoms with Crippen LogP contribution in [0, 0.1) is 29.6 Å². The van der Waals surface area contributed by atoms with Crippen LogP contribution < -0.4 is 5.56 Å². The van der Waals surface area contributed by atoms with Crippen LogP contribution in [0.1, 0.15) is 62.6 Å². The molecule has 2 amide bonds. The molecule has 0 bridgehead atoms. The Hall–Kier alpha value is -3.91. The highest BCUT2D eigenvalue weighted by Gasteiger charge is 2.39. The highest BCUT2D eigenvalue weighted by atomic mass is 16.3. The second-order valence-electron chi connectivity index (χ2n) is 8.22. The lowest BCUT2D eigenvalue weighted by Gasteiger charge is -2.36. The van der Waals surface area contributed by atoms with Gasteiger partial charge in [-0.1, -0.05) is 25.3 Å². The summed E-state index contributed by atoms with van der Waals surface area (Å²) in [7, 11) is 0. The minimum atomic E-state index is -0.563. The number of nitrogens with zero attached hydrogens (tertiary/aromatic N) is 4. The van der Waals surface area contributed by atoms with Gasteiger partial charge in [-0.25, -0.2) is 0 Å². The molecular weight excluding hydrogens is 420 g/mol. The number of carbonyl (C=O) groups is 2. The number of imide groups is 1. The molecule has 0 radical (unpaired) electrons. The fourth-order valence-electron chi connectivity index (χ4n) is 4.50. The Morgan fingerprint density at radius 2 is 1.73 bits per heavy atom. The number of nitriles is 2. The van der Waals surface area contributed by atoms with E-state index in [1.54, 1.807) is 20.8 Å². The standard InChI is InChI=1S/C25H26N4O4/c1-4-28-22(30)18(15(2)20(13-26)23(28)31)11-8-12-19-16(3)21(14-27)25(33)29(24(19)32)17-9-6-5-7-10-17/h8,11-12,17,30H,4-7,9-10H2,1-3H3/b11-8+,19-12+. The van der Waals surface area contributed by atoms with Crippen molar-refractivity contribution >= 4 is 17.9 Å². The van der Waals surface area contributed by atoms with E-state index in [1.165, 1.54) is 23.1 Å². The Bertz CT molecular complexity index is 1240. The molecule has 170 valence electrons. The van der Waals surface area contributed by atoms with Crippen LogP contribution in [0.5, 0.6) is 5.88 Å². The molecule has 2 heterocycles. The molecule has 0 unspecified atom stereocenters. The Balaban J connectivity index is 2.07. The smallest absolute Gasteiger partial charge is 0.271 e. The molecule has 1 aliphatic heterocycles. The minimum Gasteiger partial charge on any atom is -0.494 e. The summed E-state index contributed by atoms with van der Waals surface area (Å²) in [6.07, 6.45) is 8.90. The van der Waals surface area contributed by atoms with Gasteiger partial charge in [-0.15, -0.1) is 0 Å². The van der Waals surface area contributed by atoms with Crippen LogP contribution in [0.3, 0.4) is 0 Å². The average Bonchev–Trinajstić information content (AvgIpc) is 2.79. The Morgan fingerprint density at radius 3 is 2.30 bits per heavy atom. The van der Waals surface area contributed by atoms with Crippen molar-refractivity contribution in [1.82, 2.24) is 9.47 Å². The van der Waals surface area contributed by atoms with Gasteiger partial charge in [0.2, 0.25) is 5.88 Å². The second-order valence-corrected chi connectivity index (χ2v) is 8.22. The number of hydrogen-bond donors (Lipinski definition) is 1. The average molecular weight is 447 g/mol. The van der Waals surface area contributed by atoms with Crippen LogP contribution in [0.15, 0.2) is 33.7 Å². The van der Waals surface area contributed by atoms with Gasteiger partial charge in [-0.2, -0.15) is 10.5 Å². The number of hydrogen-bond acceptors (Lipinski definition) is 6. The summed E-state index contributed by atoms with van der Waals surface area (Å²) in [5.41, 5.74) is 0.481. The van der Waals surface area contributed by atoms with E-state index in [2.05, 4.69) is 0 Å². The van der Waals surface area contributed by atoms with Crippen molar-refractivity contribution in [3.63, 3.8) is 0 Å². The van der Waals surface area contributed by atoms with Crippen LogP contribution in [-0.4, -0.2) is 32.4 Å². The molecule has 2 aliphatic rings. The first kappa shape index (κ1) is 23.7. The van der Waals surface area contributed by atoms with Gasteiger partial charge < -0.3 is 5.11 Å². The first-order valence-electron chi connectivity index (χ1n) is 11.0. The van der Waals surface area contributed by atoms with Gasteiger partial charge in [0.05, 0.1) is 0 Å². The second kappa shape index (κ2) is 9.70. The normalized spacial score (nSPS) is 18.8. The van der Waals surface area contributed by atoms with Crippen molar-refractivity contribution in [3.05, 3.63) is 55.9 Å². The van der Waals surface area contributed by atoms with E-state index in [0.29, 0.717) is 11.1 Å². The maximum atomic E-state index is 13.3. The van der Waals surface area contributed by atoms with Crippen LogP contribution >= 0.6 is 0 Å². The number of aromatic hydroxyl groups is 1. The van der Waals surface area contributed by atoms with E-state index in [0.717, 1.165) is 36.7 Å². The molecule has 3 rings (SSSR count). The lowest BCUT2D eigenvalue weighted by Crippen LogP contribution is -2.49. The number of amides is 2. The van der Waals surface area contributed by atoms with E-state index in [4.69, 9.17) is 0 Å². The first-order valence-corrected chi connectivity index (χ1v) is 11.0. The third-order valence-electron chi connectivity index (χ3n) is 6.40. The molecule has 8 heteroatoms. The molecule has 1 aromatic rings. The minimum absolute atomic E-state index is 0.0508. The SMILES string of the molecule is CCn1c(O)c(/C=C/C=C2/C(=O)N(C3CCCCC3)C(=O)C(C#N)=C2C)c(C)c(C#N)c1=O. The summed E-state index contributed by atoms with van der Waals surface area (Å²) >= 11 is 0. The fraction of sp³-hybridized carbons (Fsp3) is 0.400. The molecule has 1 saturated carbocycles. The molecule has 0 atom stereocenters. The Kier molecular flexibility index (Phi) is 6.98. The zero-order chi connectivity index (χ0) is 24.3. The highest BCUT2D eigenvalue weighted by molar-refractivity contribution is 6.18. The fourth-order valence-corrected chi connectivity index (χ4v) is 4.50. The number of aromatic nitrogens is 1. The number of rotatable bonds is 4. The molecule has 8 nitrogen and oxygen atoms in total. The third kappa shape index (κ3) is 4.12. The maximum Gasteiger partial charge on any atom is 0.271 e. The Morgan fingerprint density at radius 1 is 1.06 bits per heavy atom. The van der Waals surface area contributed by atoms with Crippen LogP contribution in [0.4, 0.5) is 0 Å². The van der Waals surface area contributed by atoms with Crippen LogP contribution in [0.25, 0.3) is 6.08 Å². The molecule has 1 N–H and O–H groups in total. The van der Waals surface area contributed by atoms with E-state index in [9.17, 15) is 30.0 Å². The van der Waals surface area contributed by atoms with E-state index in [1.807, 2.05) is 12.1 Å². The van der Waals surface area contributed by atoms with Gasteiger partial charge in [0.1, 0.15) is 23.3 Å². The van der Waals surface area contributed by atoms with Crippen molar-refractivity contribution in [1.29, 1.82) is 10.5 Å². The van der Waals surface area contributed by atoms with Crippen LogP contribution in [0.2, 0.25) is 0 Å². The zero-order valence-corrected chi connectivity index (χ0v) is 19.0. The summed E-state index contributed by atoms with van der Waals surface area (Å²) in [6.45, 7) is 5.01. The van der Waals surface area contributed by atoms with Crippen molar-refractivity contribution < 1.29 is 14.7 Å². The predicted molar refractivity (Wildman–Crippen MR) is 122 cm³/mol. The Labute approximate surface area is 192 Å². The topological polar surface area (TPSA) is 127 Å². The molecule has 33 heavy (non-hydrogen) atoms. The zero-order valence-electron chi connectivity index (χ0n) is 19.0. The van der Waals surface area contributed by atoms with Crippen molar-refractivity contribution in [2.75, 3.05) is 0 Å². The predicted octanol–water partition coefficient (Wildman–Crippen LogP) is 3.24. The number of carbonyl (C=O) groups excluding carboxylic acids is 2. The quantitative estimate of drug-likeness (QED) is 0.559. The van der Waals surface area contributed by atoms with Crippen molar-refractivity contribution in [3.8, 4) is 18.0 Å². The molecule has 1 aliphatic carbocycles. The maximum absolute atomic E-state index is 13.3. The molecule has 0 saturated heterocycles. The van der Waals surface area contributed by atoms with E-state index < -0.39 is 17.4 Å². The summed E-state index contributed by atoms with van der Waals surface area (Å²) < 4.78 is 1.10. The molecule has 1 fully saturated rings. The number of allylic oxidation sites excluding steroid dienone is 2. The highest BCUT2D eigenvalue weighted by Crippen LogP contribution is 2.32. The summed E-state index contributed by atoms with van der Waals surface area (Å²) in [6, 6.07) is 3.61. The van der Waals surface area contributed by atoms with E-state index >= 15 is 0 Å². The molecule has 1 aromatic heterocycles. The number of pyridine rings is 1. The van der Waals surface area contributed by atoms with Crippen molar-refractivity contribution in [2.24, 2.45) is 0 Å². The summed E-state index contributed by atoms with van der Waals surface area (Å²) in [5, 5.41) is 29.5. The largest absolute Gasteiger partial charge is 0.494 e. The monoisotopic (exact) mass is 446 g/mol. The molecule has 0 aromatic carbocycles. The van der Waals surface area contributed by atoms with Crippen molar-refractivity contribution in [2.45, 2.75) is 65.5 Å². The van der Waals surface area contributed by atoms with Gasteiger partial charge in [0.15, 0.2) is 0 Å².